The number of nitrogens with zero attached hydrogens (tertiary/aromatic N) is 2. The Morgan fingerprint density at radius 3 is 2.68 bits per heavy atom. The number of amides is 2. The molecule has 1 aliphatic rings. The number of halogens is 1. The van der Waals surface area contributed by atoms with Crippen molar-refractivity contribution in [2.45, 2.75) is 12.8 Å². The fraction of sp³-hybridized carbons (Fsp3) is 0.312. The summed E-state index contributed by atoms with van der Waals surface area (Å²) >= 11 is 6.11. The molecule has 2 heterocycles. The number of hydrogen-bond donors (Lipinski definition) is 1. The van der Waals surface area contributed by atoms with Crippen molar-refractivity contribution in [3.63, 3.8) is 0 Å². The Bertz CT molecular complexity index is 739. The second-order valence-electron chi connectivity index (χ2n) is 5.50. The van der Waals surface area contributed by atoms with Crippen LogP contribution in [0.25, 0.3) is 10.9 Å². The van der Waals surface area contributed by atoms with Crippen molar-refractivity contribution in [2.75, 3.05) is 13.1 Å². The summed E-state index contributed by atoms with van der Waals surface area (Å²) in [5.74, 6) is -0.533. The minimum absolute atomic E-state index is 0.103. The molecule has 0 aliphatic carbocycles. The van der Waals surface area contributed by atoms with E-state index in [0.717, 1.165) is 5.39 Å². The van der Waals surface area contributed by atoms with Gasteiger partial charge in [0, 0.05) is 35.6 Å². The molecule has 0 unspecified atom stereocenters. The van der Waals surface area contributed by atoms with Gasteiger partial charge >= 0.3 is 0 Å². The number of carbonyl (C=O) groups is 2. The van der Waals surface area contributed by atoms with Crippen molar-refractivity contribution in [1.29, 1.82) is 0 Å². The number of likely N-dealkylation sites (tertiary alicyclic amines) is 1. The average Bonchev–Trinajstić information content (AvgIpc) is 2.53. The predicted molar refractivity (Wildman–Crippen MR) is 84.6 cm³/mol. The normalized spacial score (nSPS) is 16.0. The van der Waals surface area contributed by atoms with E-state index in [1.807, 2.05) is 12.1 Å². The van der Waals surface area contributed by atoms with E-state index in [2.05, 4.69) is 4.98 Å². The molecule has 1 aromatic heterocycles. The number of hydrogen-bond acceptors (Lipinski definition) is 3. The van der Waals surface area contributed by atoms with E-state index < -0.39 is 0 Å². The standard InChI is InChI=1S/C16H16ClN3O2/c17-12-8-11-2-1-5-19-14(11)13(9-12)16(22)20-6-3-10(4-7-20)15(18)21/h1-2,5,8-10H,3-4,6-7H2,(H2,18,21). The Balaban J connectivity index is 1.89. The maximum absolute atomic E-state index is 12.8. The second kappa shape index (κ2) is 5.93. The van der Waals surface area contributed by atoms with Gasteiger partial charge in [0.1, 0.15) is 0 Å². The maximum atomic E-state index is 12.8. The van der Waals surface area contributed by atoms with Crippen LogP contribution in [0.2, 0.25) is 5.02 Å². The van der Waals surface area contributed by atoms with Gasteiger partial charge in [0.25, 0.3) is 5.91 Å². The van der Waals surface area contributed by atoms with E-state index in [4.69, 9.17) is 17.3 Å². The summed E-state index contributed by atoms with van der Waals surface area (Å²) in [4.78, 5) is 30.0. The van der Waals surface area contributed by atoms with Gasteiger partial charge in [-0.25, -0.2) is 0 Å². The minimum Gasteiger partial charge on any atom is -0.369 e. The van der Waals surface area contributed by atoms with Crippen LogP contribution < -0.4 is 5.73 Å². The van der Waals surface area contributed by atoms with Crippen molar-refractivity contribution < 1.29 is 9.59 Å². The molecular weight excluding hydrogens is 302 g/mol. The van der Waals surface area contributed by atoms with Crippen molar-refractivity contribution >= 4 is 34.3 Å². The molecule has 6 heteroatoms. The average molecular weight is 318 g/mol. The first kappa shape index (κ1) is 14.8. The fourth-order valence-corrected chi connectivity index (χ4v) is 3.08. The lowest BCUT2D eigenvalue weighted by Crippen LogP contribution is -2.41. The summed E-state index contributed by atoms with van der Waals surface area (Å²) in [6, 6.07) is 7.13. The predicted octanol–water partition coefficient (Wildman–Crippen LogP) is 2.23. The van der Waals surface area contributed by atoms with Gasteiger partial charge in [-0.1, -0.05) is 17.7 Å². The molecule has 2 amide bonds. The van der Waals surface area contributed by atoms with Gasteiger partial charge in [-0.15, -0.1) is 0 Å². The lowest BCUT2D eigenvalue weighted by Gasteiger charge is -2.30. The van der Waals surface area contributed by atoms with Crippen LogP contribution in [0.4, 0.5) is 0 Å². The molecular formula is C16H16ClN3O2. The van der Waals surface area contributed by atoms with Crippen LogP contribution in [0.15, 0.2) is 30.5 Å². The number of nitrogens with two attached hydrogens (primary N) is 1. The van der Waals surface area contributed by atoms with Crippen LogP contribution in [0.5, 0.6) is 0 Å². The molecule has 1 fully saturated rings. The van der Waals surface area contributed by atoms with E-state index in [9.17, 15) is 9.59 Å². The van der Waals surface area contributed by atoms with Crippen LogP contribution in [-0.4, -0.2) is 34.8 Å². The summed E-state index contributed by atoms with van der Waals surface area (Å²) in [5, 5.41) is 1.35. The molecule has 2 N–H and O–H groups in total. The molecule has 1 aromatic carbocycles. The van der Waals surface area contributed by atoms with Gasteiger partial charge in [0.15, 0.2) is 0 Å². The molecule has 0 atom stereocenters. The first-order valence-electron chi connectivity index (χ1n) is 7.19. The molecule has 114 valence electrons. The van der Waals surface area contributed by atoms with Crippen LogP contribution in [0.1, 0.15) is 23.2 Å². The van der Waals surface area contributed by atoms with E-state index in [1.54, 1.807) is 23.2 Å². The highest BCUT2D eigenvalue weighted by molar-refractivity contribution is 6.32. The van der Waals surface area contributed by atoms with Crippen molar-refractivity contribution in [2.24, 2.45) is 11.7 Å². The van der Waals surface area contributed by atoms with Crippen molar-refractivity contribution in [1.82, 2.24) is 9.88 Å². The van der Waals surface area contributed by atoms with Crippen LogP contribution in [-0.2, 0) is 4.79 Å². The van der Waals surface area contributed by atoms with Crippen LogP contribution in [0, 0.1) is 5.92 Å². The third-order valence-electron chi connectivity index (χ3n) is 4.08. The highest BCUT2D eigenvalue weighted by Gasteiger charge is 2.27. The zero-order chi connectivity index (χ0) is 15.7. The highest BCUT2D eigenvalue weighted by atomic mass is 35.5. The summed E-state index contributed by atoms with van der Waals surface area (Å²) in [7, 11) is 0. The Hall–Kier alpha value is -2.14. The van der Waals surface area contributed by atoms with Crippen molar-refractivity contribution in [3.8, 4) is 0 Å². The van der Waals surface area contributed by atoms with E-state index in [1.165, 1.54) is 0 Å². The highest BCUT2D eigenvalue weighted by Crippen LogP contribution is 2.25. The van der Waals surface area contributed by atoms with E-state index in [0.29, 0.717) is 42.0 Å². The summed E-state index contributed by atoms with van der Waals surface area (Å²) in [6.45, 7) is 1.04. The molecule has 5 nitrogen and oxygen atoms in total. The summed E-state index contributed by atoms with van der Waals surface area (Å²) in [6.07, 6.45) is 2.87. The van der Waals surface area contributed by atoms with E-state index >= 15 is 0 Å². The number of piperidine rings is 1. The SMILES string of the molecule is NC(=O)C1CCN(C(=O)c2cc(Cl)cc3cccnc23)CC1. The topological polar surface area (TPSA) is 76.3 Å². The lowest BCUT2D eigenvalue weighted by molar-refractivity contribution is -0.123. The largest absolute Gasteiger partial charge is 0.369 e. The minimum atomic E-state index is -0.290. The first-order valence-corrected chi connectivity index (χ1v) is 7.57. The monoisotopic (exact) mass is 317 g/mol. The van der Waals surface area contributed by atoms with Gasteiger partial charge in [-0.05, 0) is 31.0 Å². The molecule has 0 bridgehead atoms. The molecule has 0 saturated carbocycles. The Kier molecular flexibility index (Phi) is 3.98. The number of pyridine rings is 1. The summed E-state index contributed by atoms with van der Waals surface area (Å²) in [5.41, 5.74) is 6.47. The number of rotatable bonds is 2. The number of primary amides is 1. The smallest absolute Gasteiger partial charge is 0.256 e. The maximum Gasteiger partial charge on any atom is 0.256 e. The second-order valence-corrected chi connectivity index (χ2v) is 5.93. The molecule has 0 spiro atoms. The molecule has 1 saturated heterocycles. The fourth-order valence-electron chi connectivity index (χ4n) is 2.86. The number of aromatic nitrogens is 1. The zero-order valence-electron chi connectivity index (χ0n) is 12.0. The first-order chi connectivity index (χ1) is 10.6. The van der Waals surface area contributed by atoms with Gasteiger partial charge in [-0.2, -0.15) is 0 Å². The summed E-state index contributed by atoms with van der Waals surface area (Å²) < 4.78 is 0. The lowest BCUT2D eigenvalue weighted by atomic mass is 9.95. The molecule has 0 radical (unpaired) electrons. The third kappa shape index (κ3) is 2.76. The molecule has 22 heavy (non-hydrogen) atoms. The zero-order valence-corrected chi connectivity index (χ0v) is 12.7. The quantitative estimate of drug-likeness (QED) is 0.922. The van der Waals surface area contributed by atoms with Gasteiger partial charge < -0.3 is 10.6 Å². The van der Waals surface area contributed by atoms with Gasteiger partial charge in [-0.3, -0.25) is 14.6 Å². The molecule has 1 aliphatic heterocycles. The van der Waals surface area contributed by atoms with Gasteiger partial charge in [0.05, 0.1) is 11.1 Å². The van der Waals surface area contributed by atoms with Crippen molar-refractivity contribution in [3.05, 3.63) is 41.0 Å². The number of benzene rings is 1. The van der Waals surface area contributed by atoms with Gasteiger partial charge in [0.2, 0.25) is 5.91 Å². The Morgan fingerprint density at radius 2 is 2.00 bits per heavy atom. The molecule has 3 rings (SSSR count). The number of fused-ring (bicyclic) bond motifs is 1. The van der Waals surface area contributed by atoms with Crippen LogP contribution in [0.3, 0.4) is 0 Å². The Labute approximate surface area is 133 Å². The van der Waals surface area contributed by atoms with E-state index in [-0.39, 0.29) is 17.7 Å². The molecule has 2 aromatic rings. The third-order valence-corrected chi connectivity index (χ3v) is 4.30. The van der Waals surface area contributed by atoms with Crippen LogP contribution >= 0.6 is 11.6 Å². The Morgan fingerprint density at radius 1 is 1.27 bits per heavy atom. The number of carbonyl (C=O) groups excluding carboxylic acids is 2.